The minimum atomic E-state index is -0.656. The molecule has 0 spiro atoms. The molecule has 2 N–H and O–H groups in total. The van der Waals surface area contributed by atoms with Gasteiger partial charge in [0, 0.05) is 25.6 Å². The van der Waals surface area contributed by atoms with E-state index in [-0.39, 0.29) is 6.10 Å². The first-order chi connectivity index (χ1) is 9.99. The molecule has 3 nitrogen and oxygen atoms in total. The van der Waals surface area contributed by atoms with E-state index in [9.17, 15) is 5.11 Å². The van der Waals surface area contributed by atoms with Crippen molar-refractivity contribution in [1.82, 2.24) is 5.32 Å². The van der Waals surface area contributed by atoms with Crippen LogP contribution in [0.2, 0.25) is 0 Å². The topological polar surface area (TPSA) is 41.5 Å². The van der Waals surface area contributed by atoms with E-state index in [0.717, 1.165) is 24.2 Å². The Bertz CT molecular complexity index is 375. The van der Waals surface area contributed by atoms with E-state index in [1.807, 2.05) is 6.92 Å². The van der Waals surface area contributed by atoms with Crippen LogP contribution in [0.15, 0.2) is 0 Å². The molecule has 1 aliphatic heterocycles. The second kappa shape index (κ2) is 4.94. The highest BCUT2D eigenvalue weighted by molar-refractivity contribution is 5.06. The lowest BCUT2D eigenvalue weighted by Crippen LogP contribution is -2.57. The van der Waals surface area contributed by atoms with E-state index < -0.39 is 5.60 Å². The Morgan fingerprint density at radius 1 is 1.14 bits per heavy atom. The number of ether oxygens (including phenoxy) is 1. The number of aliphatic hydroxyl groups is 1. The average Bonchev–Trinajstić information content (AvgIpc) is 2.75. The minimum absolute atomic E-state index is 0.0337. The summed E-state index contributed by atoms with van der Waals surface area (Å²) >= 11 is 0. The lowest BCUT2D eigenvalue weighted by atomic mass is 9.48. The van der Waals surface area contributed by atoms with Crippen LogP contribution >= 0.6 is 0 Å². The van der Waals surface area contributed by atoms with Crippen molar-refractivity contribution in [2.45, 2.75) is 76.5 Å². The molecule has 3 atom stereocenters. The van der Waals surface area contributed by atoms with E-state index in [2.05, 4.69) is 12.2 Å². The van der Waals surface area contributed by atoms with Crippen LogP contribution in [0.1, 0.15) is 58.8 Å². The van der Waals surface area contributed by atoms with Gasteiger partial charge in [0.05, 0.1) is 6.10 Å². The van der Waals surface area contributed by atoms with Crippen LogP contribution in [0.25, 0.3) is 0 Å². The van der Waals surface area contributed by atoms with E-state index >= 15 is 0 Å². The third-order valence-corrected chi connectivity index (χ3v) is 7.38. The number of nitrogens with one attached hydrogen (secondary N) is 1. The zero-order valence-corrected chi connectivity index (χ0v) is 13.6. The smallest absolute Gasteiger partial charge is 0.105 e. The molecular formula is C18H31NO2. The lowest BCUT2D eigenvalue weighted by Gasteiger charge is -2.59. The van der Waals surface area contributed by atoms with Crippen LogP contribution in [0.5, 0.6) is 0 Å². The van der Waals surface area contributed by atoms with Gasteiger partial charge in [-0.1, -0.05) is 0 Å². The van der Waals surface area contributed by atoms with Gasteiger partial charge >= 0.3 is 0 Å². The summed E-state index contributed by atoms with van der Waals surface area (Å²) in [7, 11) is 0. The molecule has 4 aliphatic carbocycles. The highest BCUT2D eigenvalue weighted by Gasteiger charge is 2.53. The van der Waals surface area contributed by atoms with E-state index in [0.29, 0.717) is 24.6 Å². The van der Waals surface area contributed by atoms with Gasteiger partial charge in [-0.25, -0.2) is 0 Å². The van der Waals surface area contributed by atoms with Crippen LogP contribution < -0.4 is 5.32 Å². The van der Waals surface area contributed by atoms with Crippen LogP contribution in [0.3, 0.4) is 0 Å². The van der Waals surface area contributed by atoms with E-state index in [1.165, 1.54) is 38.5 Å². The van der Waals surface area contributed by atoms with Gasteiger partial charge in [-0.05, 0) is 75.5 Å². The maximum Gasteiger partial charge on any atom is 0.105 e. The minimum Gasteiger partial charge on any atom is -0.386 e. The Hall–Kier alpha value is -0.120. The standard InChI is InChI=1S/C18H31NO2/c1-12(19-11-18(20)3-4-21-13(18)2)17-8-14-5-15(9-17)7-16(6-14)10-17/h12-16,19-20H,3-11H2,1-2H3. The molecule has 0 aromatic heterocycles. The van der Waals surface area contributed by atoms with Crippen molar-refractivity contribution in [3.05, 3.63) is 0 Å². The van der Waals surface area contributed by atoms with Gasteiger partial charge in [-0.15, -0.1) is 0 Å². The molecule has 1 saturated heterocycles. The highest BCUT2D eigenvalue weighted by Crippen LogP contribution is 2.61. The normalized spacial score (nSPS) is 53.3. The first-order valence-corrected chi connectivity index (χ1v) is 9.06. The van der Waals surface area contributed by atoms with Crippen LogP contribution in [0, 0.1) is 23.2 Å². The fraction of sp³-hybridized carbons (Fsp3) is 1.00. The molecule has 1 heterocycles. The lowest BCUT2D eigenvalue weighted by molar-refractivity contribution is -0.0781. The third kappa shape index (κ3) is 2.36. The van der Waals surface area contributed by atoms with Crippen molar-refractivity contribution < 1.29 is 9.84 Å². The SMILES string of the molecule is CC1OCCC1(O)CNC(C)C12CC3CC(CC(C3)C1)C2. The monoisotopic (exact) mass is 293 g/mol. The zero-order valence-electron chi connectivity index (χ0n) is 13.6. The molecule has 3 heteroatoms. The van der Waals surface area contributed by atoms with Crippen molar-refractivity contribution in [3.63, 3.8) is 0 Å². The molecule has 5 rings (SSSR count). The van der Waals surface area contributed by atoms with Gasteiger partial charge in [0.25, 0.3) is 0 Å². The highest BCUT2D eigenvalue weighted by atomic mass is 16.5. The average molecular weight is 293 g/mol. The number of hydrogen-bond acceptors (Lipinski definition) is 3. The molecule has 3 unspecified atom stereocenters. The second-order valence-corrected chi connectivity index (χ2v) is 8.75. The second-order valence-electron chi connectivity index (χ2n) is 8.75. The predicted octanol–water partition coefficient (Wildman–Crippen LogP) is 2.72. The molecule has 5 aliphatic rings. The van der Waals surface area contributed by atoms with Crippen molar-refractivity contribution >= 4 is 0 Å². The maximum absolute atomic E-state index is 10.7. The molecule has 4 bridgehead atoms. The fourth-order valence-corrected chi connectivity index (χ4v) is 6.26. The Kier molecular flexibility index (Phi) is 3.40. The summed E-state index contributed by atoms with van der Waals surface area (Å²) in [6, 6.07) is 0.530. The van der Waals surface area contributed by atoms with Crippen LogP contribution in [0.4, 0.5) is 0 Å². The summed E-state index contributed by atoms with van der Waals surface area (Å²) in [5, 5.41) is 14.4. The molecular weight excluding hydrogens is 262 g/mol. The molecule has 0 aromatic carbocycles. The van der Waals surface area contributed by atoms with Gasteiger partial charge in [0.1, 0.15) is 5.60 Å². The molecule has 5 fully saturated rings. The van der Waals surface area contributed by atoms with Gasteiger partial charge < -0.3 is 15.2 Å². The first kappa shape index (κ1) is 14.5. The van der Waals surface area contributed by atoms with E-state index in [1.54, 1.807) is 0 Å². The molecule has 0 radical (unpaired) electrons. The third-order valence-electron chi connectivity index (χ3n) is 7.38. The van der Waals surface area contributed by atoms with Crippen molar-refractivity contribution in [1.29, 1.82) is 0 Å². The van der Waals surface area contributed by atoms with Crippen LogP contribution in [-0.2, 0) is 4.74 Å². The zero-order chi connectivity index (χ0) is 14.7. The van der Waals surface area contributed by atoms with Gasteiger partial charge in [-0.2, -0.15) is 0 Å². The largest absolute Gasteiger partial charge is 0.386 e. The Labute approximate surface area is 128 Å². The molecule has 0 amide bonds. The Morgan fingerprint density at radius 3 is 2.19 bits per heavy atom. The Balaban J connectivity index is 1.42. The van der Waals surface area contributed by atoms with Crippen molar-refractivity contribution in [3.8, 4) is 0 Å². The molecule has 120 valence electrons. The van der Waals surface area contributed by atoms with Gasteiger partial charge in [0.15, 0.2) is 0 Å². The summed E-state index contributed by atoms with van der Waals surface area (Å²) in [4.78, 5) is 0. The number of hydrogen-bond donors (Lipinski definition) is 2. The summed E-state index contributed by atoms with van der Waals surface area (Å²) in [6.07, 6.45) is 9.53. The fourth-order valence-electron chi connectivity index (χ4n) is 6.26. The molecule has 4 saturated carbocycles. The van der Waals surface area contributed by atoms with Crippen molar-refractivity contribution in [2.24, 2.45) is 23.2 Å². The summed E-state index contributed by atoms with van der Waals surface area (Å²) in [5.74, 6) is 2.99. The van der Waals surface area contributed by atoms with Gasteiger partial charge in [-0.3, -0.25) is 0 Å². The molecule has 0 aromatic rings. The summed E-state index contributed by atoms with van der Waals surface area (Å²) < 4.78 is 5.56. The van der Waals surface area contributed by atoms with E-state index in [4.69, 9.17) is 4.74 Å². The van der Waals surface area contributed by atoms with Gasteiger partial charge in [0.2, 0.25) is 0 Å². The summed E-state index contributed by atoms with van der Waals surface area (Å²) in [5.41, 5.74) is -0.135. The number of rotatable bonds is 4. The maximum atomic E-state index is 10.7. The Morgan fingerprint density at radius 2 is 1.71 bits per heavy atom. The first-order valence-electron chi connectivity index (χ1n) is 9.06. The molecule has 21 heavy (non-hydrogen) atoms. The predicted molar refractivity (Wildman–Crippen MR) is 83.1 cm³/mol. The van der Waals surface area contributed by atoms with Crippen LogP contribution in [-0.4, -0.2) is 36.0 Å². The summed E-state index contributed by atoms with van der Waals surface area (Å²) in [6.45, 7) is 5.77. The quantitative estimate of drug-likeness (QED) is 0.837. The van der Waals surface area contributed by atoms with Crippen molar-refractivity contribution in [2.75, 3.05) is 13.2 Å².